The van der Waals surface area contributed by atoms with E-state index in [9.17, 15) is 9.59 Å². The van der Waals surface area contributed by atoms with E-state index in [4.69, 9.17) is 0 Å². The Morgan fingerprint density at radius 1 is 1.04 bits per heavy atom. The monoisotopic (exact) mass is 328 g/mol. The molecule has 0 unspecified atom stereocenters. The number of carbonyl (C=O) groups is 2. The minimum Gasteiger partial charge on any atom is -0.326 e. The fourth-order valence-electron chi connectivity index (χ4n) is 2.29. The smallest absolute Gasteiger partial charge is 0.265 e. The van der Waals surface area contributed by atoms with Crippen LogP contribution in [0.3, 0.4) is 0 Å². The molecule has 1 aliphatic carbocycles. The number of thiophene rings is 1. The van der Waals surface area contributed by atoms with Gasteiger partial charge in [-0.2, -0.15) is 0 Å². The van der Waals surface area contributed by atoms with Gasteiger partial charge in [-0.15, -0.1) is 11.3 Å². The predicted octanol–water partition coefficient (Wildman–Crippen LogP) is 4.27. The number of carbonyl (C=O) groups excluding carboxylic acids is 2. The van der Waals surface area contributed by atoms with E-state index in [2.05, 4.69) is 10.6 Å². The molecule has 23 heavy (non-hydrogen) atoms. The molecule has 2 amide bonds. The standard InChI is InChI=1S/C18H20N2O2S/c1-10-4-7-14(19-17(21)13-5-6-13)9-15(10)20-18(22)16-8-11(2)12(3)23-16/h4,7-9,13H,5-6H2,1-3H3,(H,19,21)(H,20,22). The summed E-state index contributed by atoms with van der Waals surface area (Å²) >= 11 is 1.49. The van der Waals surface area contributed by atoms with E-state index in [0.29, 0.717) is 4.88 Å². The van der Waals surface area contributed by atoms with Crippen molar-refractivity contribution in [2.75, 3.05) is 10.6 Å². The Morgan fingerprint density at radius 3 is 2.39 bits per heavy atom. The summed E-state index contributed by atoms with van der Waals surface area (Å²) in [5.41, 5.74) is 3.55. The summed E-state index contributed by atoms with van der Waals surface area (Å²) in [4.78, 5) is 26.1. The number of hydrogen-bond acceptors (Lipinski definition) is 3. The van der Waals surface area contributed by atoms with Gasteiger partial charge in [0.15, 0.2) is 0 Å². The van der Waals surface area contributed by atoms with Crippen molar-refractivity contribution < 1.29 is 9.59 Å². The molecular formula is C18H20N2O2S. The van der Waals surface area contributed by atoms with Crippen molar-refractivity contribution >= 4 is 34.5 Å². The Labute approximate surface area is 139 Å². The zero-order valence-corrected chi connectivity index (χ0v) is 14.3. The number of benzene rings is 1. The van der Waals surface area contributed by atoms with Crippen molar-refractivity contribution in [2.45, 2.75) is 33.6 Å². The molecule has 2 N–H and O–H groups in total. The first-order chi connectivity index (χ1) is 10.9. The number of rotatable bonds is 4. The van der Waals surface area contributed by atoms with E-state index in [1.165, 1.54) is 11.3 Å². The highest BCUT2D eigenvalue weighted by Gasteiger charge is 2.29. The van der Waals surface area contributed by atoms with Gasteiger partial charge < -0.3 is 10.6 Å². The number of aryl methyl sites for hydroxylation is 3. The minimum atomic E-state index is -0.111. The molecule has 0 aliphatic heterocycles. The van der Waals surface area contributed by atoms with Gasteiger partial charge in [-0.05, 0) is 62.9 Å². The third kappa shape index (κ3) is 3.62. The Bertz CT molecular complexity index is 756. The van der Waals surface area contributed by atoms with Crippen LogP contribution in [0.25, 0.3) is 0 Å². The summed E-state index contributed by atoms with van der Waals surface area (Å²) in [6.45, 7) is 5.95. The summed E-state index contributed by atoms with van der Waals surface area (Å²) in [7, 11) is 0. The number of hydrogen-bond donors (Lipinski definition) is 2. The molecule has 1 heterocycles. The SMILES string of the molecule is Cc1ccc(NC(=O)C2CC2)cc1NC(=O)c1cc(C)c(C)s1. The lowest BCUT2D eigenvalue weighted by atomic mass is 10.1. The molecule has 1 aromatic carbocycles. The fourth-order valence-corrected chi connectivity index (χ4v) is 3.22. The highest BCUT2D eigenvalue weighted by molar-refractivity contribution is 7.14. The van der Waals surface area contributed by atoms with Crippen molar-refractivity contribution in [3.8, 4) is 0 Å². The quantitative estimate of drug-likeness (QED) is 0.880. The van der Waals surface area contributed by atoms with Crippen LogP contribution < -0.4 is 10.6 Å². The van der Waals surface area contributed by atoms with Gasteiger partial charge in [0.25, 0.3) is 5.91 Å². The minimum absolute atomic E-state index is 0.0654. The maximum absolute atomic E-state index is 12.4. The Balaban J connectivity index is 1.75. The third-order valence-electron chi connectivity index (χ3n) is 4.09. The molecule has 1 saturated carbocycles. The van der Waals surface area contributed by atoms with Crippen LogP contribution in [-0.4, -0.2) is 11.8 Å². The molecule has 0 saturated heterocycles. The summed E-state index contributed by atoms with van der Waals surface area (Å²) in [6, 6.07) is 7.50. The second kappa shape index (κ2) is 6.16. The first kappa shape index (κ1) is 15.7. The first-order valence-electron chi connectivity index (χ1n) is 7.74. The van der Waals surface area contributed by atoms with E-state index >= 15 is 0 Å². The average Bonchev–Trinajstić information content (AvgIpc) is 3.29. The molecule has 1 aromatic heterocycles. The number of nitrogens with one attached hydrogen (secondary N) is 2. The molecule has 0 spiro atoms. The molecule has 1 fully saturated rings. The Hall–Kier alpha value is -2.14. The maximum Gasteiger partial charge on any atom is 0.265 e. The van der Waals surface area contributed by atoms with E-state index in [1.807, 2.05) is 45.0 Å². The molecule has 0 radical (unpaired) electrons. The highest BCUT2D eigenvalue weighted by Crippen LogP contribution is 2.31. The predicted molar refractivity (Wildman–Crippen MR) is 94.3 cm³/mol. The Morgan fingerprint density at radius 2 is 1.78 bits per heavy atom. The third-order valence-corrected chi connectivity index (χ3v) is 5.24. The van der Waals surface area contributed by atoms with Crippen molar-refractivity contribution in [1.82, 2.24) is 0 Å². The Kier molecular flexibility index (Phi) is 4.22. The van der Waals surface area contributed by atoms with E-state index in [0.717, 1.165) is 40.2 Å². The lowest BCUT2D eigenvalue weighted by Gasteiger charge is -2.11. The molecule has 0 atom stereocenters. The highest BCUT2D eigenvalue weighted by atomic mass is 32.1. The first-order valence-corrected chi connectivity index (χ1v) is 8.55. The topological polar surface area (TPSA) is 58.2 Å². The largest absolute Gasteiger partial charge is 0.326 e. The van der Waals surface area contributed by atoms with Gasteiger partial charge in [-0.25, -0.2) is 0 Å². The van der Waals surface area contributed by atoms with Gasteiger partial charge in [0.1, 0.15) is 0 Å². The van der Waals surface area contributed by atoms with Gasteiger partial charge in [-0.1, -0.05) is 6.07 Å². The van der Waals surface area contributed by atoms with Crippen LogP contribution in [0.2, 0.25) is 0 Å². The van der Waals surface area contributed by atoms with Crippen LogP contribution >= 0.6 is 11.3 Å². The fraction of sp³-hybridized carbons (Fsp3) is 0.333. The van der Waals surface area contributed by atoms with E-state index in [-0.39, 0.29) is 17.7 Å². The molecule has 1 aliphatic rings. The van der Waals surface area contributed by atoms with Gasteiger partial charge in [-0.3, -0.25) is 9.59 Å². The lowest BCUT2D eigenvalue weighted by Crippen LogP contribution is -2.15. The van der Waals surface area contributed by atoms with E-state index < -0.39 is 0 Å². The number of amides is 2. The average molecular weight is 328 g/mol. The van der Waals surface area contributed by atoms with Crippen LogP contribution in [0.5, 0.6) is 0 Å². The zero-order valence-electron chi connectivity index (χ0n) is 13.5. The second-order valence-corrected chi connectivity index (χ2v) is 7.35. The van der Waals surface area contributed by atoms with Crippen LogP contribution in [-0.2, 0) is 4.79 Å². The molecule has 3 rings (SSSR count). The normalized spacial score (nSPS) is 13.7. The summed E-state index contributed by atoms with van der Waals surface area (Å²) in [5.74, 6) is 0.113. The summed E-state index contributed by atoms with van der Waals surface area (Å²) in [5, 5.41) is 5.86. The summed E-state index contributed by atoms with van der Waals surface area (Å²) in [6.07, 6.45) is 1.94. The van der Waals surface area contributed by atoms with Crippen LogP contribution in [0.15, 0.2) is 24.3 Å². The van der Waals surface area contributed by atoms with Crippen molar-refractivity contribution in [3.05, 3.63) is 45.1 Å². The molecule has 0 bridgehead atoms. The lowest BCUT2D eigenvalue weighted by molar-refractivity contribution is -0.117. The van der Waals surface area contributed by atoms with Crippen LogP contribution in [0, 0.1) is 26.7 Å². The van der Waals surface area contributed by atoms with Gasteiger partial charge in [0, 0.05) is 22.2 Å². The number of anilines is 2. The molecular weight excluding hydrogens is 308 g/mol. The zero-order chi connectivity index (χ0) is 16.6. The van der Waals surface area contributed by atoms with Crippen molar-refractivity contribution in [3.63, 3.8) is 0 Å². The summed E-state index contributed by atoms with van der Waals surface area (Å²) < 4.78 is 0. The van der Waals surface area contributed by atoms with Crippen LogP contribution in [0.4, 0.5) is 11.4 Å². The molecule has 2 aromatic rings. The molecule has 120 valence electrons. The van der Waals surface area contributed by atoms with Gasteiger partial charge in [0.05, 0.1) is 4.88 Å². The van der Waals surface area contributed by atoms with Crippen LogP contribution in [0.1, 0.15) is 38.5 Å². The van der Waals surface area contributed by atoms with Gasteiger partial charge in [0.2, 0.25) is 5.91 Å². The maximum atomic E-state index is 12.4. The van der Waals surface area contributed by atoms with E-state index in [1.54, 1.807) is 0 Å². The van der Waals surface area contributed by atoms with Crippen molar-refractivity contribution in [1.29, 1.82) is 0 Å². The molecule has 5 heteroatoms. The second-order valence-electron chi connectivity index (χ2n) is 6.10. The van der Waals surface area contributed by atoms with Crippen molar-refractivity contribution in [2.24, 2.45) is 5.92 Å². The molecule has 4 nitrogen and oxygen atoms in total. The van der Waals surface area contributed by atoms with Gasteiger partial charge >= 0.3 is 0 Å².